The molecule has 1 saturated carbocycles. The van der Waals surface area contributed by atoms with Crippen molar-refractivity contribution in [2.45, 2.75) is 51.5 Å². The highest BCUT2D eigenvalue weighted by Gasteiger charge is 2.27. The van der Waals surface area contributed by atoms with Gasteiger partial charge in [-0.1, -0.05) is 13.0 Å². The molecule has 0 amide bonds. The maximum atomic E-state index is 11.8. The Morgan fingerprint density at radius 2 is 2.17 bits per heavy atom. The molecule has 1 aromatic rings. The predicted molar refractivity (Wildman–Crippen MR) is 99.6 cm³/mol. The van der Waals surface area contributed by atoms with Gasteiger partial charge in [-0.15, -0.1) is 11.3 Å². The molecular formula is C18H29N3O2S. The lowest BCUT2D eigenvalue weighted by Crippen LogP contribution is -2.46. The molecule has 1 aliphatic carbocycles. The number of nitrogens with one attached hydrogen (secondary N) is 2. The summed E-state index contributed by atoms with van der Waals surface area (Å²) in [6, 6.07) is 4.63. The van der Waals surface area contributed by atoms with Crippen LogP contribution in [0.15, 0.2) is 22.5 Å². The molecule has 1 aliphatic rings. The average Bonchev–Trinajstić information content (AvgIpc) is 3.13. The molecule has 2 rings (SSSR count). The minimum Gasteiger partial charge on any atom is -0.466 e. The maximum absolute atomic E-state index is 11.8. The number of guanidine groups is 1. The Morgan fingerprint density at radius 3 is 2.75 bits per heavy atom. The molecule has 134 valence electrons. The summed E-state index contributed by atoms with van der Waals surface area (Å²) in [5.74, 6) is 1.33. The first-order chi connectivity index (χ1) is 11.6. The fraction of sp³-hybridized carbons (Fsp3) is 0.667. The average molecular weight is 352 g/mol. The summed E-state index contributed by atoms with van der Waals surface area (Å²) < 4.78 is 5.12. The molecule has 6 heteroatoms. The van der Waals surface area contributed by atoms with E-state index in [1.165, 1.54) is 4.88 Å². The predicted octanol–water partition coefficient (Wildman–Crippen LogP) is 3.14. The molecule has 5 nitrogen and oxygen atoms in total. The summed E-state index contributed by atoms with van der Waals surface area (Å²) in [4.78, 5) is 17.5. The molecule has 1 heterocycles. The molecule has 24 heavy (non-hydrogen) atoms. The minimum absolute atomic E-state index is 0.0387. The number of hydrogen-bond acceptors (Lipinski definition) is 4. The van der Waals surface area contributed by atoms with Crippen molar-refractivity contribution in [2.75, 3.05) is 20.2 Å². The molecule has 1 aromatic heterocycles. The van der Waals surface area contributed by atoms with Crippen LogP contribution in [0.25, 0.3) is 0 Å². The number of carbonyl (C=O) groups excluding carboxylic acids is 1. The summed E-state index contributed by atoms with van der Waals surface area (Å²) in [6.45, 7) is 5.41. The fourth-order valence-electron chi connectivity index (χ4n) is 3.04. The zero-order chi connectivity index (χ0) is 17.4. The van der Waals surface area contributed by atoms with Gasteiger partial charge in [-0.25, -0.2) is 0 Å². The van der Waals surface area contributed by atoms with Crippen molar-refractivity contribution in [3.8, 4) is 0 Å². The van der Waals surface area contributed by atoms with E-state index in [9.17, 15) is 4.79 Å². The Hall–Kier alpha value is -1.56. The van der Waals surface area contributed by atoms with E-state index in [1.807, 2.05) is 6.92 Å². The smallest absolute Gasteiger partial charge is 0.308 e. The third kappa shape index (κ3) is 5.51. The van der Waals surface area contributed by atoms with Crippen LogP contribution in [-0.2, 0) is 9.53 Å². The Morgan fingerprint density at radius 1 is 1.42 bits per heavy atom. The first-order valence-electron chi connectivity index (χ1n) is 8.81. The van der Waals surface area contributed by atoms with Gasteiger partial charge in [-0.05, 0) is 44.1 Å². The summed E-state index contributed by atoms with van der Waals surface area (Å²) in [6.07, 6.45) is 3.73. The van der Waals surface area contributed by atoms with Crippen LogP contribution in [0.3, 0.4) is 0 Å². The van der Waals surface area contributed by atoms with E-state index in [1.54, 1.807) is 18.4 Å². The van der Waals surface area contributed by atoms with Crippen LogP contribution in [0, 0.1) is 5.92 Å². The third-order valence-corrected chi connectivity index (χ3v) is 5.62. The van der Waals surface area contributed by atoms with Gasteiger partial charge in [0.1, 0.15) is 0 Å². The van der Waals surface area contributed by atoms with Gasteiger partial charge >= 0.3 is 5.97 Å². The van der Waals surface area contributed by atoms with Gasteiger partial charge in [0.25, 0.3) is 0 Å². The maximum Gasteiger partial charge on any atom is 0.308 e. The fourth-order valence-corrected chi connectivity index (χ4v) is 3.83. The Labute approximate surface area is 148 Å². The van der Waals surface area contributed by atoms with Gasteiger partial charge in [0.05, 0.1) is 12.5 Å². The lowest BCUT2D eigenvalue weighted by Gasteiger charge is -2.29. The van der Waals surface area contributed by atoms with Gasteiger partial charge in [0, 0.05) is 30.4 Å². The minimum atomic E-state index is -0.0387. The number of aliphatic imine (C=N–C) groups is 1. The molecule has 0 aliphatic heterocycles. The quantitative estimate of drug-likeness (QED) is 0.469. The Bertz CT molecular complexity index is 522. The molecule has 0 bridgehead atoms. The van der Waals surface area contributed by atoms with Crippen LogP contribution >= 0.6 is 11.3 Å². The van der Waals surface area contributed by atoms with Crippen molar-refractivity contribution in [1.82, 2.24) is 10.6 Å². The second-order valence-corrected chi connectivity index (χ2v) is 7.29. The zero-order valence-corrected chi connectivity index (χ0v) is 15.7. The van der Waals surface area contributed by atoms with Crippen LogP contribution in [0.5, 0.6) is 0 Å². The van der Waals surface area contributed by atoms with Crippen LogP contribution < -0.4 is 10.6 Å². The summed E-state index contributed by atoms with van der Waals surface area (Å²) in [5, 5.41) is 9.01. The van der Waals surface area contributed by atoms with Gasteiger partial charge in [-0.3, -0.25) is 9.79 Å². The number of hydrogen-bond donors (Lipinski definition) is 2. The number of thiophene rings is 1. The molecule has 0 radical (unpaired) electrons. The SMILES string of the molecule is CCOC(=O)C1CCC(NC(=NC)NCC(C)c2cccs2)CC1. The van der Waals surface area contributed by atoms with Crippen molar-refractivity contribution in [3.05, 3.63) is 22.4 Å². The highest BCUT2D eigenvalue weighted by atomic mass is 32.1. The summed E-state index contributed by atoms with van der Waals surface area (Å²) >= 11 is 1.79. The lowest BCUT2D eigenvalue weighted by atomic mass is 9.86. The summed E-state index contributed by atoms with van der Waals surface area (Å²) in [7, 11) is 1.80. The highest BCUT2D eigenvalue weighted by molar-refractivity contribution is 7.10. The second-order valence-electron chi connectivity index (χ2n) is 6.31. The molecule has 1 unspecified atom stereocenters. The number of ether oxygens (including phenoxy) is 1. The third-order valence-electron chi connectivity index (χ3n) is 4.52. The monoisotopic (exact) mass is 351 g/mol. The van der Waals surface area contributed by atoms with Crippen LogP contribution in [0.1, 0.15) is 50.3 Å². The number of carbonyl (C=O) groups is 1. The van der Waals surface area contributed by atoms with Crippen LogP contribution in [-0.4, -0.2) is 38.2 Å². The largest absolute Gasteiger partial charge is 0.466 e. The van der Waals surface area contributed by atoms with Crippen molar-refractivity contribution in [1.29, 1.82) is 0 Å². The summed E-state index contributed by atoms with van der Waals surface area (Å²) in [5.41, 5.74) is 0. The zero-order valence-electron chi connectivity index (χ0n) is 14.9. The van der Waals surface area contributed by atoms with Gasteiger partial charge in [0.2, 0.25) is 0 Å². The second kappa shape index (κ2) is 9.67. The van der Waals surface area contributed by atoms with Crippen molar-refractivity contribution in [3.63, 3.8) is 0 Å². The van der Waals surface area contributed by atoms with Crippen LogP contribution in [0.4, 0.5) is 0 Å². The van der Waals surface area contributed by atoms with E-state index in [4.69, 9.17) is 4.74 Å². The Kier molecular flexibility index (Phi) is 7.56. The van der Waals surface area contributed by atoms with Gasteiger partial charge in [-0.2, -0.15) is 0 Å². The molecule has 1 fully saturated rings. The van der Waals surface area contributed by atoms with Crippen LogP contribution in [0.2, 0.25) is 0 Å². The first-order valence-corrected chi connectivity index (χ1v) is 9.69. The van der Waals surface area contributed by atoms with Gasteiger partial charge < -0.3 is 15.4 Å². The molecule has 0 saturated heterocycles. The van der Waals surface area contributed by atoms with E-state index < -0.39 is 0 Å². The molecular weight excluding hydrogens is 322 g/mol. The standard InChI is InChI=1S/C18H29N3O2S/c1-4-23-17(22)14-7-9-15(10-8-14)21-18(19-3)20-12-13(2)16-6-5-11-24-16/h5-6,11,13-15H,4,7-10,12H2,1-3H3,(H2,19,20,21). The molecule has 2 N–H and O–H groups in total. The molecule has 0 spiro atoms. The molecule has 1 atom stereocenters. The van der Waals surface area contributed by atoms with E-state index >= 15 is 0 Å². The van der Waals surface area contributed by atoms with E-state index in [2.05, 4.69) is 40.1 Å². The number of esters is 1. The van der Waals surface area contributed by atoms with Crippen molar-refractivity contribution < 1.29 is 9.53 Å². The number of rotatable bonds is 6. The normalized spacial score (nSPS) is 22.7. The van der Waals surface area contributed by atoms with E-state index in [-0.39, 0.29) is 11.9 Å². The van der Waals surface area contributed by atoms with E-state index in [0.717, 1.165) is 38.2 Å². The molecule has 0 aromatic carbocycles. The highest BCUT2D eigenvalue weighted by Crippen LogP contribution is 2.25. The van der Waals surface area contributed by atoms with E-state index in [0.29, 0.717) is 18.6 Å². The Balaban J connectivity index is 1.73. The van der Waals surface area contributed by atoms with Crippen molar-refractivity contribution in [2.24, 2.45) is 10.9 Å². The first kappa shape index (κ1) is 18.8. The van der Waals surface area contributed by atoms with Gasteiger partial charge in [0.15, 0.2) is 5.96 Å². The number of nitrogens with zero attached hydrogens (tertiary/aromatic N) is 1. The lowest BCUT2D eigenvalue weighted by molar-refractivity contribution is -0.149. The topological polar surface area (TPSA) is 62.7 Å². The van der Waals surface area contributed by atoms with Crippen molar-refractivity contribution >= 4 is 23.3 Å².